The number of carbonyl (C=O) groups excluding carboxylic acids is 1. The smallest absolute Gasteiger partial charge is 0.338 e. The van der Waals surface area contributed by atoms with Crippen LogP contribution in [-0.4, -0.2) is 19.1 Å². The highest BCUT2D eigenvalue weighted by molar-refractivity contribution is 5.90. The maximum atomic E-state index is 11.9. The van der Waals surface area contributed by atoms with E-state index >= 15 is 0 Å². The Bertz CT molecular complexity index is 440. The zero-order chi connectivity index (χ0) is 13.7. The lowest BCUT2D eigenvalue weighted by Crippen LogP contribution is -2.13. The van der Waals surface area contributed by atoms with Gasteiger partial charge >= 0.3 is 5.97 Å². The molecule has 1 aromatic carbocycles. The molecule has 0 unspecified atom stereocenters. The third-order valence-corrected chi connectivity index (χ3v) is 3.44. The minimum absolute atomic E-state index is 0.197. The quantitative estimate of drug-likeness (QED) is 0.649. The van der Waals surface area contributed by atoms with Crippen molar-refractivity contribution in [1.82, 2.24) is 0 Å². The molecule has 3 nitrogen and oxygen atoms in total. The van der Waals surface area contributed by atoms with Crippen molar-refractivity contribution < 1.29 is 9.53 Å². The van der Waals surface area contributed by atoms with Crippen LogP contribution in [0.3, 0.4) is 0 Å². The Kier molecular flexibility index (Phi) is 4.83. The summed E-state index contributed by atoms with van der Waals surface area (Å²) in [7, 11) is 0. The van der Waals surface area contributed by atoms with Crippen molar-refractivity contribution in [2.45, 2.75) is 39.5 Å². The first-order valence-electron chi connectivity index (χ1n) is 7.21. The van der Waals surface area contributed by atoms with Crippen LogP contribution < -0.4 is 5.32 Å². The first-order chi connectivity index (χ1) is 9.16. The molecule has 0 aliphatic carbocycles. The molecule has 1 aliphatic heterocycles. The number of aryl methyl sites for hydroxylation is 1. The molecule has 0 atom stereocenters. The summed E-state index contributed by atoms with van der Waals surface area (Å²) in [5.74, 6) is 0.464. The largest absolute Gasteiger partial charge is 0.462 e. The van der Waals surface area contributed by atoms with Crippen LogP contribution in [0.2, 0.25) is 0 Å². The number of carbonyl (C=O) groups is 1. The molecule has 0 saturated carbocycles. The number of anilines is 1. The van der Waals surface area contributed by atoms with Gasteiger partial charge in [0.15, 0.2) is 0 Å². The standard InChI is InChI=1S/C16H23NO2/c1-12(2)5-4-10-19-16(18)14-7-8-15-13(11-14)6-3-9-17-15/h7-8,11-12,17H,3-6,9-10H2,1-2H3. The van der Waals surface area contributed by atoms with E-state index in [1.165, 1.54) is 5.56 Å². The van der Waals surface area contributed by atoms with Gasteiger partial charge in [0.2, 0.25) is 0 Å². The average Bonchev–Trinajstić information content (AvgIpc) is 2.42. The molecule has 1 aromatic rings. The Morgan fingerprint density at radius 1 is 1.42 bits per heavy atom. The van der Waals surface area contributed by atoms with Crippen LogP contribution in [0.1, 0.15) is 49.0 Å². The molecule has 0 spiro atoms. The Hall–Kier alpha value is -1.51. The summed E-state index contributed by atoms with van der Waals surface area (Å²) in [4.78, 5) is 11.9. The van der Waals surface area contributed by atoms with Crippen LogP contribution in [0.25, 0.3) is 0 Å². The van der Waals surface area contributed by atoms with E-state index in [-0.39, 0.29) is 5.97 Å². The minimum atomic E-state index is -0.197. The Balaban J connectivity index is 1.88. The van der Waals surface area contributed by atoms with Gasteiger partial charge < -0.3 is 10.1 Å². The summed E-state index contributed by atoms with van der Waals surface area (Å²) in [6.45, 7) is 5.90. The SMILES string of the molecule is CC(C)CCCOC(=O)c1ccc2c(c1)CCCN2. The normalized spacial score (nSPS) is 13.8. The highest BCUT2D eigenvalue weighted by Crippen LogP contribution is 2.23. The lowest BCUT2D eigenvalue weighted by atomic mass is 10.0. The topological polar surface area (TPSA) is 38.3 Å². The predicted octanol–water partition coefficient (Wildman–Crippen LogP) is 3.64. The number of nitrogens with one attached hydrogen (secondary N) is 1. The molecule has 0 aromatic heterocycles. The van der Waals surface area contributed by atoms with E-state index in [0.29, 0.717) is 18.1 Å². The average molecular weight is 261 g/mol. The van der Waals surface area contributed by atoms with Crippen molar-refractivity contribution in [3.8, 4) is 0 Å². The van der Waals surface area contributed by atoms with Gasteiger partial charge in [-0.15, -0.1) is 0 Å². The van der Waals surface area contributed by atoms with Gasteiger partial charge in [0, 0.05) is 12.2 Å². The van der Waals surface area contributed by atoms with Crippen molar-refractivity contribution in [2.24, 2.45) is 5.92 Å². The molecule has 2 rings (SSSR count). The van der Waals surface area contributed by atoms with Gasteiger partial charge in [0.1, 0.15) is 0 Å². The van der Waals surface area contributed by atoms with E-state index in [2.05, 4.69) is 19.2 Å². The van der Waals surface area contributed by atoms with E-state index in [1.54, 1.807) is 0 Å². The molecule has 19 heavy (non-hydrogen) atoms. The van der Waals surface area contributed by atoms with Gasteiger partial charge in [-0.1, -0.05) is 13.8 Å². The highest BCUT2D eigenvalue weighted by atomic mass is 16.5. The summed E-state index contributed by atoms with van der Waals surface area (Å²) in [5, 5.41) is 3.34. The summed E-state index contributed by atoms with van der Waals surface area (Å²) in [6.07, 6.45) is 4.20. The zero-order valence-electron chi connectivity index (χ0n) is 11.9. The molecule has 0 amide bonds. The lowest BCUT2D eigenvalue weighted by molar-refractivity contribution is 0.0494. The van der Waals surface area contributed by atoms with Crippen molar-refractivity contribution >= 4 is 11.7 Å². The molecule has 1 heterocycles. The Morgan fingerprint density at radius 3 is 3.05 bits per heavy atom. The van der Waals surface area contributed by atoms with E-state index in [0.717, 1.165) is 37.9 Å². The molecule has 0 fully saturated rings. The number of fused-ring (bicyclic) bond motifs is 1. The number of hydrogen-bond donors (Lipinski definition) is 1. The fraction of sp³-hybridized carbons (Fsp3) is 0.562. The van der Waals surface area contributed by atoms with Gasteiger partial charge in [-0.3, -0.25) is 0 Å². The minimum Gasteiger partial charge on any atom is -0.462 e. The monoisotopic (exact) mass is 261 g/mol. The van der Waals surface area contributed by atoms with Gasteiger partial charge in [-0.2, -0.15) is 0 Å². The molecule has 1 N–H and O–H groups in total. The Morgan fingerprint density at radius 2 is 2.26 bits per heavy atom. The van der Waals surface area contributed by atoms with Crippen molar-refractivity contribution in [1.29, 1.82) is 0 Å². The molecule has 0 bridgehead atoms. The Labute approximate surface area is 115 Å². The molecular weight excluding hydrogens is 238 g/mol. The summed E-state index contributed by atoms with van der Waals surface area (Å²) in [5.41, 5.74) is 3.05. The van der Waals surface area contributed by atoms with Gasteiger partial charge in [0.25, 0.3) is 0 Å². The second kappa shape index (κ2) is 6.60. The second-order valence-electron chi connectivity index (χ2n) is 5.57. The first-order valence-corrected chi connectivity index (χ1v) is 7.21. The van der Waals surface area contributed by atoms with Gasteiger partial charge in [-0.05, 0) is 55.4 Å². The zero-order valence-corrected chi connectivity index (χ0v) is 11.9. The van der Waals surface area contributed by atoms with Crippen molar-refractivity contribution in [3.63, 3.8) is 0 Å². The maximum absolute atomic E-state index is 11.9. The van der Waals surface area contributed by atoms with Gasteiger partial charge in [0.05, 0.1) is 12.2 Å². The second-order valence-corrected chi connectivity index (χ2v) is 5.57. The van der Waals surface area contributed by atoms with Crippen LogP contribution in [-0.2, 0) is 11.2 Å². The van der Waals surface area contributed by atoms with E-state index in [9.17, 15) is 4.79 Å². The molecule has 1 aliphatic rings. The van der Waals surface area contributed by atoms with Crippen LogP contribution in [0.4, 0.5) is 5.69 Å². The molecule has 0 radical (unpaired) electrons. The fourth-order valence-corrected chi connectivity index (χ4v) is 2.34. The van der Waals surface area contributed by atoms with Crippen LogP contribution >= 0.6 is 0 Å². The number of hydrogen-bond acceptors (Lipinski definition) is 3. The maximum Gasteiger partial charge on any atom is 0.338 e. The van der Waals surface area contributed by atoms with E-state index < -0.39 is 0 Å². The summed E-state index contributed by atoms with van der Waals surface area (Å²) in [6, 6.07) is 5.80. The van der Waals surface area contributed by atoms with Crippen LogP contribution in [0.15, 0.2) is 18.2 Å². The van der Waals surface area contributed by atoms with E-state index in [1.807, 2.05) is 18.2 Å². The lowest BCUT2D eigenvalue weighted by Gasteiger charge is -2.18. The summed E-state index contributed by atoms with van der Waals surface area (Å²) >= 11 is 0. The summed E-state index contributed by atoms with van der Waals surface area (Å²) < 4.78 is 5.31. The number of ether oxygens (including phenoxy) is 1. The van der Waals surface area contributed by atoms with E-state index in [4.69, 9.17) is 4.74 Å². The number of rotatable bonds is 5. The molecule has 0 saturated heterocycles. The highest BCUT2D eigenvalue weighted by Gasteiger charge is 2.13. The first kappa shape index (κ1) is 13.9. The number of esters is 1. The van der Waals surface area contributed by atoms with Crippen molar-refractivity contribution in [3.05, 3.63) is 29.3 Å². The van der Waals surface area contributed by atoms with Gasteiger partial charge in [-0.25, -0.2) is 4.79 Å². The molecule has 104 valence electrons. The third kappa shape index (κ3) is 3.98. The molecule has 3 heteroatoms. The van der Waals surface area contributed by atoms with Crippen LogP contribution in [0, 0.1) is 5.92 Å². The van der Waals surface area contributed by atoms with Crippen molar-refractivity contribution in [2.75, 3.05) is 18.5 Å². The predicted molar refractivity (Wildman–Crippen MR) is 77.6 cm³/mol. The number of benzene rings is 1. The van der Waals surface area contributed by atoms with Crippen LogP contribution in [0.5, 0.6) is 0 Å². The fourth-order valence-electron chi connectivity index (χ4n) is 2.34. The molecular formula is C16H23NO2. The third-order valence-electron chi connectivity index (χ3n) is 3.44.